The molecule has 0 unspecified atom stereocenters. The van der Waals surface area contributed by atoms with E-state index in [-0.39, 0.29) is 5.54 Å². The first-order chi connectivity index (χ1) is 7.38. The molecular formula is C10H20N2O4. The van der Waals surface area contributed by atoms with Crippen LogP contribution in [0.3, 0.4) is 0 Å². The van der Waals surface area contributed by atoms with Gasteiger partial charge in [0.15, 0.2) is 6.04 Å². The molecule has 0 bridgehead atoms. The van der Waals surface area contributed by atoms with E-state index in [0.29, 0.717) is 0 Å². The van der Waals surface area contributed by atoms with E-state index in [1.54, 1.807) is 0 Å². The number of carbonyl (C=O) groups is 2. The van der Waals surface area contributed by atoms with Gasteiger partial charge in [0, 0.05) is 5.54 Å². The minimum atomic E-state index is -1.27. The molecule has 0 rings (SSSR count). The van der Waals surface area contributed by atoms with Crippen molar-refractivity contribution in [1.82, 2.24) is 10.6 Å². The number of hydrogen-bond acceptors (Lipinski definition) is 3. The maximum Gasteiger partial charge on any atom is 0.328 e. The van der Waals surface area contributed by atoms with Crippen LogP contribution in [0.2, 0.25) is 0 Å². The van der Waals surface area contributed by atoms with Crippen molar-refractivity contribution in [3.8, 4) is 0 Å². The first-order valence-electron chi connectivity index (χ1n) is 5.31. The number of hydrogen-bond donors (Lipinski definition) is 4. The van der Waals surface area contributed by atoms with Gasteiger partial charge in [0.05, 0.1) is 6.61 Å². The molecule has 0 aromatic rings. The molecule has 2 amide bonds. The molecule has 0 heterocycles. The normalized spacial score (nSPS) is 13.0. The SMILES string of the molecule is CCC(C)(CC)NC(=O)N[C@H](CO)C(=O)O. The number of carboxylic acids is 1. The summed E-state index contributed by atoms with van der Waals surface area (Å²) < 4.78 is 0. The average molecular weight is 232 g/mol. The van der Waals surface area contributed by atoms with Gasteiger partial charge in [-0.05, 0) is 19.8 Å². The van der Waals surface area contributed by atoms with Crippen LogP contribution >= 0.6 is 0 Å². The van der Waals surface area contributed by atoms with Crippen LogP contribution in [0, 0.1) is 0 Å². The van der Waals surface area contributed by atoms with Gasteiger partial charge in [0.1, 0.15) is 0 Å². The second-order valence-corrected chi connectivity index (χ2v) is 3.94. The fraction of sp³-hybridized carbons (Fsp3) is 0.800. The summed E-state index contributed by atoms with van der Waals surface area (Å²) in [5, 5.41) is 22.2. The third kappa shape index (κ3) is 4.48. The van der Waals surface area contributed by atoms with Crippen molar-refractivity contribution in [3.63, 3.8) is 0 Å². The van der Waals surface area contributed by atoms with Crippen LogP contribution in [0.1, 0.15) is 33.6 Å². The van der Waals surface area contributed by atoms with Crippen molar-refractivity contribution >= 4 is 12.0 Å². The van der Waals surface area contributed by atoms with Crippen LogP contribution in [-0.2, 0) is 4.79 Å². The lowest BCUT2D eigenvalue weighted by molar-refractivity contribution is -0.140. The van der Waals surface area contributed by atoms with Gasteiger partial charge in [-0.15, -0.1) is 0 Å². The van der Waals surface area contributed by atoms with Crippen LogP contribution in [0.5, 0.6) is 0 Å². The van der Waals surface area contributed by atoms with E-state index in [9.17, 15) is 9.59 Å². The summed E-state index contributed by atoms with van der Waals surface area (Å²) in [5.41, 5.74) is -0.359. The van der Waals surface area contributed by atoms with Gasteiger partial charge in [0.2, 0.25) is 0 Å². The molecule has 94 valence electrons. The van der Waals surface area contributed by atoms with E-state index in [2.05, 4.69) is 10.6 Å². The van der Waals surface area contributed by atoms with Crippen molar-refractivity contribution in [2.24, 2.45) is 0 Å². The van der Waals surface area contributed by atoms with Crippen molar-refractivity contribution in [3.05, 3.63) is 0 Å². The first kappa shape index (κ1) is 14.7. The van der Waals surface area contributed by atoms with Crippen LogP contribution < -0.4 is 10.6 Å². The zero-order valence-electron chi connectivity index (χ0n) is 9.91. The van der Waals surface area contributed by atoms with Gasteiger partial charge in [-0.25, -0.2) is 9.59 Å². The smallest absolute Gasteiger partial charge is 0.328 e. The number of carboxylic acid groups (broad SMARTS) is 1. The molecular weight excluding hydrogens is 212 g/mol. The topological polar surface area (TPSA) is 98.7 Å². The Labute approximate surface area is 95.0 Å². The summed E-state index contributed by atoms with van der Waals surface area (Å²) in [6.45, 7) is 5.12. The highest BCUT2D eigenvalue weighted by molar-refractivity contribution is 5.82. The molecule has 0 fully saturated rings. The summed E-state index contributed by atoms with van der Waals surface area (Å²) in [7, 11) is 0. The van der Waals surface area contributed by atoms with Gasteiger partial charge in [-0.3, -0.25) is 0 Å². The maximum absolute atomic E-state index is 11.5. The highest BCUT2D eigenvalue weighted by atomic mass is 16.4. The van der Waals surface area contributed by atoms with Gasteiger partial charge in [-0.2, -0.15) is 0 Å². The number of carbonyl (C=O) groups excluding carboxylic acids is 1. The van der Waals surface area contributed by atoms with E-state index in [0.717, 1.165) is 12.8 Å². The predicted octanol–water partition coefficient (Wildman–Crippen LogP) is 0.310. The molecule has 6 nitrogen and oxygen atoms in total. The van der Waals surface area contributed by atoms with Gasteiger partial charge < -0.3 is 20.8 Å². The van der Waals surface area contributed by atoms with Crippen LogP contribution in [0.25, 0.3) is 0 Å². The van der Waals surface area contributed by atoms with E-state index in [4.69, 9.17) is 10.2 Å². The Morgan fingerprint density at radius 1 is 1.31 bits per heavy atom. The molecule has 16 heavy (non-hydrogen) atoms. The summed E-state index contributed by atoms with van der Waals surface area (Å²) >= 11 is 0. The summed E-state index contributed by atoms with van der Waals surface area (Å²) in [6.07, 6.45) is 1.49. The average Bonchev–Trinajstić information content (AvgIpc) is 2.25. The summed E-state index contributed by atoms with van der Waals surface area (Å²) in [4.78, 5) is 22.0. The van der Waals surface area contributed by atoms with Crippen molar-refractivity contribution in [2.45, 2.75) is 45.2 Å². The number of aliphatic hydroxyl groups is 1. The van der Waals surface area contributed by atoms with E-state index in [1.807, 2.05) is 20.8 Å². The Bertz CT molecular complexity index is 251. The highest BCUT2D eigenvalue weighted by Gasteiger charge is 2.25. The number of urea groups is 1. The van der Waals surface area contributed by atoms with Gasteiger partial charge in [0.25, 0.3) is 0 Å². The van der Waals surface area contributed by atoms with E-state index >= 15 is 0 Å². The largest absolute Gasteiger partial charge is 0.480 e. The van der Waals surface area contributed by atoms with Crippen molar-refractivity contribution in [1.29, 1.82) is 0 Å². The predicted molar refractivity (Wildman–Crippen MR) is 59.2 cm³/mol. The summed E-state index contributed by atoms with van der Waals surface area (Å²) in [5.74, 6) is -1.26. The van der Waals surface area contributed by atoms with E-state index in [1.165, 1.54) is 0 Å². The Balaban J connectivity index is 4.31. The fourth-order valence-electron chi connectivity index (χ4n) is 1.08. The lowest BCUT2D eigenvalue weighted by Crippen LogP contribution is -2.54. The second kappa shape index (κ2) is 6.32. The molecule has 0 spiro atoms. The monoisotopic (exact) mass is 232 g/mol. The van der Waals surface area contributed by atoms with Gasteiger partial charge >= 0.3 is 12.0 Å². The Hall–Kier alpha value is -1.30. The molecule has 0 aliphatic rings. The number of amides is 2. The number of nitrogens with one attached hydrogen (secondary N) is 2. The third-order valence-electron chi connectivity index (χ3n) is 2.76. The number of aliphatic carboxylic acids is 1. The van der Waals surface area contributed by atoms with E-state index < -0.39 is 24.6 Å². The molecule has 0 aromatic carbocycles. The molecule has 0 saturated carbocycles. The zero-order valence-corrected chi connectivity index (χ0v) is 9.91. The van der Waals surface area contributed by atoms with Crippen molar-refractivity contribution in [2.75, 3.05) is 6.61 Å². The minimum Gasteiger partial charge on any atom is -0.480 e. The molecule has 4 N–H and O–H groups in total. The Kier molecular flexibility index (Phi) is 5.81. The number of aliphatic hydroxyl groups excluding tert-OH is 1. The molecule has 0 saturated heterocycles. The standard InChI is InChI=1S/C10H20N2O4/c1-4-10(3,5-2)12-9(16)11-7(6-13)8(14)15/h7,13H,4-6H2,1-3H3,(H,14,15)(H2,11,12,16)/t7-/m1/s1. The Morgan fingerprint density at radius 2 is 1.81 bits per heavy atom. The Morgan fingerprint density at radius 3 is 2.12 bits per heavy atom. The van der Waals surface area contributed by atoms with Crippen LogP contribution in [0.15, 0.2) is 0 Å². The molecule has 0 aliphatic carbocycles. The van der Waals surface area contributed by atoms with Crippen molar-refractivity contribution < 1.29 is 19.8 Å². The van der Waals surface area contributed by atoms with Crippen LogP contribution in [0.4, 0.5) is 4.79 Å². The maximum atomic E-state index is 11.5. The zero-order chi connectivity index (χ0) is 12.8. The lowest BCUT2D eigenvalue weighted by Gasteiger charge is -2.28. The molecule has 0 radical (unpaired) electrons. The fourth-order valence-corrected chi connectivity index (χ4v) is 1.08. The van der Waals surface area contributed by atoms with Crippen LogP contribution in [-0.4, -0.2) is 40.4 Å². The molecule has 0 aromatic heterocycles. The third-order valence-corrected chi connectivity index (χ3v) is 2.76. The highest BCUT2D eigenvalue weighted by Crippen LogP contribution is 2.12. The molecule has 6 heteroatoms. The molecule has 1 atom stereocenters. The molecule has 0 aliphatic heterocycles. The minimum absolute atomic E-state index is 0.359. The lowest BCUT2D eigenvalue weighted by atomic mass is 9.96. The first-order valence-corrected chi connectivity index (χ1v) is 5.31. The quantitative estimate of drug-likeness (QED) is 0.529. The van der Waals surface area contributed by atoms with Gasteiger partial charge in [-0.1, -0.05) is 13.8 Å². The second-order valence-electron chi connectivity index (χ2n) is 3.94. The number of rotatable bonds is 6. The summed E-state index contributed by atoms with van der Waals surface area (Å²) in [6, 6.07) is -1.84.